The second-order valence-corrected chi connectivity index (χ2v) is 10.5. The van der Waals surface area contributed by atoms with Crippen molar-refractivity contribution in [3.63, 3.8) is 0 Å². The summed E-state index contributed by atoms with van der Waals surface area (Å²) < 4.78 is 66.8. The van der Waals surface area contributed by atoms with E-state index in [9.17, 15) is 25.9 Å². The first-order valence-electron chi connectivity index (χ1n) is 9.71. The van der Waals surface area contributed by atoms with Gasteiger partial charge in [0.1, 0.15) is 20.2 Å². The van der Waals surface area contributed by atoms with Crippen LogP contribution < -0.4 is 0 Å². The average molecular weight is 511 g/mol. The second kappa shape index (κ2) is 10.4. The van der Waals surface area contributed by atoms with Gasteiger partial charge in [0.25, 0.3) is 0 Å². The Kier molecular flexibility index (Phi) is 8.73. The molecule has 0 saturated heterocycles. The van der Waals surface area contributed by atoms with Gasteiger partial charge >= 0.3 is 37.7 Å². The zero-order valence-electron chi connectivity index (χ0n) is 18.7. The van der Waals surface area contributed by atoms with Gasteiger partial charge < -0.3 is 9.11 Å². The van der Waals surface area contributed by atoms with Crippen LogP contribution in [0.25, 0.3) is 21.5 Å². The molecule has 168 valence electrons. The second-order valence-electron chi connectivity index (χ2n) is 7.78. The Morgan fingerprint density at radius 1 is 0.576 bits per heavy atom. The SMILES string of the molecule is Cc1cc(C)c2c(S(=O)(=O)[O-])cccc2c1.Cc1cc(C)c2c(S(=O)(=O)[O-])cccc2c1.[Ca+2]. The first kappa shape index (κ1) is 27.7. The number of fused-ring (bicyclic) bond motifs is 2. The van der Waals surface area contributed by atoms with Crippen LogP contribution in [0, 0.1) is 27.7 Å². The molecule has 0 fully saturated rings. The van der Waals surface area contributed by atoms with Crippen LogP contribution in [-0.2, 0) is 20.2 Å². The van der Waals surface area contributed by atoms with E-state index in [1.807, 2.05) is 64.1 Å². The molecule has 0 bridgehead atoms. The van der Waals surface area contributed by atoms with Gasteiger partial charge in [-0.25, -0.2) is 16.8 Å². The molecule has 6 nitrogen and oxygen atoms in total. The maximum Gasteiger partial charge on any atom is 2.00 e. The summed E-state index contributed by atoms with van der Waals surface area (Å²) in [5.41, 5.74) is 3.71. The molecule has 0 N–H and O–H groups in total. The van der Waals surface area contributed by atoms with Crippen molar-refractivity contribution in [2.75, 3.05) is 0 Å². The molecule has 0 aliphatic rings. The molecule has 0 atom stereocenters. The molecule has 0 aliphatic heterocycles. The number of aryl methyl sites for hydroxylation is 4. The Bertz CT molecular complexity index is 1440. The summed E-state index contributed by atoms with van der Waals surface area (Å²) in [6.07, 6.45) is 0. The largest absolute Gasteiger partial charge is 2.00 e. The van der Waals surface area contributed by atoms with E-state index in [0.29, 0.717) is 10.8 Å². The van der Waals surface area contributed by atoms with Crippen molar-refractivity contribution in [1.29, 1.82) is 0 Å². The Hall–Kier alpha value is -1.52. The molecule has 0 amide bonds. The third-order valence-electron chi connectivity index (χ3n) is 5.10. The fraction of sp³-hybridized carbons (Fsp3) is 0.167. The van der Waals surface area contributed by atoms with E-state index >= 15 is 0 Å². The van der Waals surface area contributed by atoms with Crippen molar-refractivity contribution < 1.29 is 25.9 Å². The number of benzene rings is 4. The molecule has 0 saturated carbocycles. The standard InChI is InChI=1S/2C12H12O3S.Ca/c2*1-8-6-9(2)12-10(7-8)4-3-5-11(12)16(13,14)15;/h2*3-7H,1-2H3,(H,13,14,15);/q;;+2/p-2. The molecule has 4 aromatic rings. The van der Waals surface area contributed by atoms with Gasteiger partial charge in [0, 0.05) is 10.8 Å². The van der Waals surface area contributed by atoms with E-state index in [2.05, 4.69) is 0 Å². The Morgan fingerprint density at radius 2 is 0.909 bits per heavy atom. The molecule has 0 heterocycles. The maximum atomic E-state index is 11.1. The van der Waals surface area contributed by atoms with Gasteiger partial charge in [-0.1, -0.05) is 59.7 Å². The molecule has 0 unspecified atom stereocenters. The molecule has 33 heavy (non-hydrogen) atoms. The summed E-state index contributed by atoms with van der Waals surface area (Å²) in [5.74, 6) is 0. The molecule has 0 spiro atoms. The van der Waals surface area contributed by atoms with Gasteiger partial charge in [0.15, 0.2) is 0 Å². The fourth-order valence-corrected chi connectivity index (χ4v) is 5.55. The van der Waals surface area contributed by atoms with Crippen LogP contribution in [0.5, 0.6) is 0 Å². The van der Waals surface area contributed by atoms with Crippen LogP contribution in [0.1, 0.15) is 22.3 Å². The normalized spacial score (nSPS) is 11.6. The molecule has 0 radical (unpaired) electrons. The topological polar surface area (TPSA) is 114 Å². The minimum absolute atomic E-state index is 0. The van der Waals surface area contributed by atoms with E-state index in [1.165, 1.54) is 12.1 Å². The van der Waals surface area contributed by atoms with Crippen molar-refractivity contribution >= 4 is 79.5 Å². The third-order valence-corrected chi connectivity index (χ3v) is 6.86. The van der Waals surface area contributed by atoms with Crippen LogP contribution in [0.15, 0.2) is 70.5 Å². The summed E-state index contributed by atoms with van der Waals surface area (Å²) in [6.45, 7) is 7.49. The van der Waals surface area contributed by atoms with Crippen LogP contribution in [0.3, 0.4) is 0 Å². The Balaban J connectivity index is 0.000000227. The van der Waals surface area contributed by atoms with Gasteiger partial charge in [-0.05, 0) is 61.7 Å². The van der Waals surface area contributed by atoms with Crippen LogP contribution in [0.4, 0.5) is 0 Å². The fourth-order valence-electron chi connectivity index (χ4n) is 4.00. The summed E-state index contributed by atoms with van der Waals surface area (Å²) in [7, 11) is -8.83. The van der Waals surface area contributed by atoms with E-state index < -0.39 is 20.2 Å². The van der Waals surface area contributed by atoms with Gasteiger partial charge in [-0.3, -0.25) is 0 Å². The van der Waals surface area contributed by atoms with E-state index in [0.717, 1.165) is 33.0 Å². The Morgan fingerprint density at radius 3 is 1.21 bits per heavy atom. The number of hydrogen-bond donors (Lipinski definition) is 0. The molecule has 0 aromatic heterocycles. The van der Waals surface area contributed by atoms with Crippen molar-refractivity contribution in [3.8, 4) is 0 Å². The first-order valence-corrected chi connectivity index (χ1v) is 12.5. The van der Waals surface area contributed by atoms with Crippen molar-refractivity contribution in [1.82, 2.24) is 0 Å². The first-order chi connectivity index (χ1) is 14.8. The average Bonchev–Trinajstić information content (AvgIpc) is 2.65. The van der Waals surface area contributed by atoms with Gasteiger partial charge in [0.05, 0.1) is 9.79 Å². The number of rotatable bonds is 2. The molecular weight excluding hydrogens is 488 g/mol. The quantitative estimate of drug-likeness (QED) is 0.293. The molecule has 4 rings (SSSR count). The van der Waals surface area contributed by atoms with Crippen molar-refractivity contribution in [3.05, 3.63) is 82.9 Å². The molecule has 9 heteroatoms. The van der Waals surface area contributed by atoms with Crippen LogP contribution >= 0.6 is 0 Å². The number of hydrogen-bond acceptors (Lipinski definition) is 6. The summed E-state index contributed by atoms with van der Waals surface area (Å²) in [6, 6.07) is 17.0. The maximum absolute atomic E-state index is 11.1. The third kappa shape index (κ3) is 6.33. The van der Waals surface area contributed by atoms with Crippen molar-refractivity contribution in [2.45, 2.75) is 37.5 Å². The van der Waals surface area contributed by atoms with E-state index in [-0.39, 0.29) is 47.5 Å². The predicted octanol–water partition coefficient (Wildman–Crippen LogP) is 4.34. The summed E-state index contributed by atoms with van der Waals surface area (Å²) in [4.78, 5) is -0.273. The Labute approximate surface area is 224 Å². The minimum Gasteiger partial charge on any atom is -0.744 e. The zero-order chi connectivity index (χ0) is 23.8. The van der Waals surface area contributed by atoms with Gasteiger partial charge in [-0.15, -0.1) is 0 Å². The zero-order valence-corrected chi connectivity index (χ0v) is 22.6. The van der Waals surface area contributed by atoms with Crippen LogP contribution in [-0.4, -0.2) is 63.7 Å². The predicted molar refractivity (Wildman–Crippen MR) is 129 cm³/mol. The molecular formula is C24H22CaO6S2. The minimum atomic E-state index is -4.41. The van der Waals surface area contributed by atoms with Gasteiger partial charge in [-0.2, -0.15) is 0 Å². The van der Waals surface area contributed by atoms with E-state index in [4.69, 9.17) is 0 Å². The monoisotopic (exact) mass is 510 g/mol. The molecule has 0 aliphatic carbocycles. The molecule has 4 aromatic carbocycles. The smallest absolute Gasteiger partial charge is 0.744 e. The van der Waals surface area contributed by atoms with Gasteiger partial charge in [0.2, 0.25) is 0 Å². The van der Waals surface area contributed by atoms with Crippen LogP contribution in [0.2, 0.25) is 0 Å². The van der Waals surface area contributed by atoms with E-state index in [1.54, 1.807) is 12.1 Å². The summed E-state index contributed by atoms with van der Waals surface area (Å²) in [5, 5.41) is 2.63. The van der Waals surface area contributed by atoms with Crippen molar-refractivity contribution in [2.24, 2.45) is 0 Å². The summed E-state index contributed by atoms with van der Waals surface area (Å²) >= 11 is 0.